The third-order valence-electron chi connectivity index (χ3n) is 4.76. The van der Waals surface area contributed by atoms with Gasteiger partial charge in [0.15, 0.2) is 0 Å². The molecule has 1 aliphatic carbocycles. The first kappa shape index (κ1) is 14.2. The smallest absolute Gasteiger partial charge is 0.226 e. The van der Waals surface area contributed by atoms with Gasteiger partial charge >= 0.3 is 0 Å². The molecule has 0 aromatic carbocycles. The summed E-state index contributed by atoms with van der Waals surface area (Å²) in [6.45, 7) is 3.06. The number of aryl methyl sites for hydroxylation is 1. The Morgan fingerprint density at radius 2 is 1.91 bits per heavy atom. The van der Waals surface area contributed by atoms with Gasteiger partial charge in [-0.05, 0) is 18.9 Å². The van der Waals surface area contributed by atoms with Crippen molar-refractivity contribution >= 4 is 11.9 Å². The number of amides is 1. The average Bonchev–Trinajstić information content (AvgIpc) is 3.10. The van der Waals surface area contributed by atoms with Crippen LogP contribution in [0.5, 0.6) is 0 Å². The lowest BCUT2D eigenvalue weighted by atomic mass is 9.88. The largest absolute Gasteiger partial charge is 0.348 e. The first-order valence-corrected chi connectivity index (χ1v) is 8.13. The molecule has 7 nitrogen and oxygen atoms in total. The maximum absolute atomic E-state index is 12.8. The zero-order chi connectivity index (χ0) is 15.6. The summed E-state index contributed by atoms with van der Waals surface area (Å²) in [7, 11) is 0. The van der Waals surface area contributed by atoms with Gasteiger partial charge in [0.05, 0.1) is 12.0 Å². The van der Waals surface area contributed by atoms with E-state index in [0.717, 1.165) is 62.8 Å². The van der Waals surface area contributed by atoms with E-state index in [1.165, 1.54) is 0 Å². The molecule has 0 saturated carbocycles. The van der Waals surface area contributed by atoms with Crippen LogP contribution in [0.4, 0.5) is 5.95 Å². The number of carbonyl (C=O) groups excluding carboxylic acids is 1. The second kappa shape index (κ2) is 5.98. The number of imidazole rings is 1. The molecule has 2 aromatic rings. The van der Waals surface area contributed by atoms with Crippen molar-refractivity contribution in [2.45, 2.75) is 19.3 Å². The fraction of sp³-hybridized carbons (Fsp3) is 0.500. The van der Waals surface area contributed by atoms with E-state index in [1.807, 2.05) is 11.0 Å². The maximum atomic E-state index is 12.8. The van der Waals surface area contributed by atoms with Crippen LogP contribution in [-0.2, 0) is 17.6 Å². The van der Waals surface area contributed by atoms with E-state index in [9.17, 15) is 4.79 Å². The van der Waals surface area contributed by atoms with Crippen LogP contribution in [0.1, 0.15) is 17.8 Å². The number of rotatable bonds is 2. The summed E-state index contributed by atoms with van der Waals surface area (Å²) in [6.07, 6.45) is 7.83. The molecular weight excluding hydrogens is 292 g/mol. The highest BCUT2D eigenvalue weighted by molar-refractivity contribution is 5.79. The standard InChI is InChI=1S/C16H20N6O/c23-15(12-2-3-13-14(10-12)20-11-19-13)21-6-8-22(9-7-21)16-17-4-1-5-18-16/h1,4-5,11-12H,2-3,6-10H2,(H,19,20). The molecule has 23 heavy (non-hydrogen) atoms. The van der Waals surface area contributed by atoms with Crippen molar-refractivity contribution < 1.29 is 4.79 Å². The first-order valence-electron chi connectivity index (χ1n) is 8.13. The molecule has 4 rings (SSSR count). The number of aromatic nitrogens is 4. The van der Waals surface area contributed by atoms with E-state index < -0.39 is 0 Å². The SMILES string of the molecule is O=C(C1CCc2nc[nH]c2C1)N1CCN(c2ncccn2)CC1. The summed E-state index contributed by atoms with van der Waals surface area (Å²) in [5.74, 6) is 1.11. The maximum Gasteiger partial charge on any atom is 0.226 e. The molecule has 120 valence electrons. The molecule has 7 heteroatoms. The Balaban J connectivity index is 1.36. The van der Waals surface area contributed by atoms with E-state index in [1.54, 1.807) is 18.7 Å². The second-order valence-electron chi connectivity index (χ2n) is 6.13. The van der Waals surface area contributed by atoms with Crippen molar-refractivity contribution in [2.24, 2.45) is 5.92 Å². The molecule has 1 unspecified atom stereocenters. The summed E-state index contributed by atoms with van der Waals surface area (Å²) in [5.41, 5.74) is 2.26. The number of anilines is 1. The lowest BCUT2D eigenvalue weighted by molar-refractivity contribution is -0.136. The average molecular weight is 312 g/mol. The highest BCUT2D eigenvalue weighted by Gasteiger charge is 2.31. The first-order chi connectivity index (χ1) is 11.3. The number of nitrogens with zero attached hydrogens (tertiary/aromatic N) is 5. The molecular formula is C16H20N6O. The molecule has 3 heterocycles. The number of aromatic amines is 1. The summed E-state index contributed by atoms with van der Waals surface area (Å²) >= 11 is 0. The Morgan fingerprint density at radius 1 is 1.13 bits per heavy atom. The molecule has 1 aliphatic heterocycles. The van der Waals surface area contributed by atoms with Gasteiger partial charge in [0, 0.05) is 56.6 Å². The van der Waals surface area contributed by atoms with E-state index in [-0.39, 0.29) is 11.8 Å². The van der Waals surface area contributed by atoms with Crippen molar-refractivity contribution in [3.63, 3.8) is 0 Å². The monoisotopic (exact) mass is 312 g/mol. The molecule has 1 atom stereocenters. The Kier molecular flexibility index (Phi) is 3.69. The second-order valence-corrected chi connectivity index (χ2v) is 6.13. The van der Waals surface area contributed by atoms with Gasteiger partial charge in [-0.3, -0.25) is 4.79 Å². The lowest BCUT2D eigenvalue weighted by Gasteiger charge is -2.37. The Morgan fingerprint density at radius 3 is 2.70 bits per heavy atom. The molecule has 1 amide bonds. The zero-order valence-electron chi connectivity index (χ0n) is 13.0. The normalized spacial score (nSPS) is 21.1. The fourth-order valence-electron chi connectivity index (χ4n) is 3.45. The zero-order valence-corrected chi connectivity index (χ0v) is 13.0. The van der Waals surface area contributed by atoms with E-state index in [0.29, 0.717) is 0 Å². The molecule has 0 bridgehead atoms. The van der Waals surface area contributed by atoms with Crippen LogP contribution in [0.3, 0.4) is 0 Å². The van der Waals surface area contributed by atoms with Gasteiger partial charge in [0.25, 0.3) is 0 Å². The molecule has 0 radical (unpaired) electrons. The number of H-pyrrole nitrogens is 1. The van der Waals surface area contributed by atoms with E-state index in [4.69, 9.17) is 0 Å². The number of piperazine rings is 1. The minimum atomic E-state index is 0.0856. The van der Waals surface area contributed by atoms with Crippen LogP contribution in [-0.4, -0.2) is 56.9 Å². The highest BCUT2D eigenvalue weighted by Crippen LogP contribution is 2.25. The summed E-state index contributed by atoms with van der Waals surface area (Å²) in [6, 6.07) is 1.82. The van der Waals surface area contributed by atoms with Gasteiger partial charge in [-0.25, -0.2) is 15.0 Å². The van der Waals surface area contributed by atoms with Crippen molar-refractivity contribution in [1.82, 2.24) is 24.8 Å². The Bertz CT molecular complexity index is 677. The topological polar surface area (TPSA) is 78.0 Å². The van der Waals surface area contributed by atoms with Crippen LogP contribution in [0.2, 0.25) is 0 Å². The van der Waals surface area contributed by atoms with Crippen LogP contribution in [0.25, 0.3) is 0 Å². The van der Waals surface area contributed by atoms with Gasteiger partial charge in [0.1, 0.15) is 0 Å². The molecule has 1 N–H and O–H groups in total. The van der Waals surface area contributed by atoms with Gasteiger partial charge in [-0.1, -0.05) is 0 Å². The number of carbonyl (C=O) groups is 1. The number of hydrogen-bond acceptors (Lipinski definition) is 5. The molecule has 1 saturated heterocycles. The van der Waals surface area contributed by atoms with Crippen LogP contribution < -0.4 is 4.90 Å². The Labute approximate surface area is 134 Å². The predicted molar refractivity (Wildman–Crippen MR) is 84.9 cm³/mol. The van der Waals surface area contributed by atoms with E-state index >= 15 is 0 Å². The summed E-state index contributed by atoms with van der Waals surface area (Å²) < 4.78 is 0. The highest BCUT2D eigenvalue weighted by atomic mass is 16.2. The van der Waals surface area contributed by atoms with Crippen molar-refractivity contribution in [1.29, 1.82) is 0 Å². The van der Waals surface area contributed by atoms with Gasteiger partial charge in [-0.15, -0.1) is 0 Å². The molecule has 2 aromatic heterocycles. The quantitative estimate of drug-likeness (QED) is 0.881. The third-order valence-corrected chi connectivity index (χ3v) is 4.76. The van der Waals surface area contributed by atoms with Crippen molar-refractivity contribution in [3.8, 4) is 0 Å². The lowest BCUT2D eigenvalue weighted by Crippen LogP contribution is -2.51. The predicted octanol–water partition coefficient (Wildman–Crippen LogP) is 0.653. The third kappa shape index (κ3) is 2.78. The molecule has 0 spiro atoms. The fourth-order valence-corrected chi connectivity index (χ4v) is 3.45. The van der Waals surface area contributed by atoms with Crippen LogP contribution in [0.15, 0.2) is 24.8 Å². The summed E-state index contributed by atoms with van der Waals surface area (Å²) in [5, 5.41) is 0. The van der Waals surface area contributed by atoms with Crippen molar-refractivity contribution in [3.05, 3.63) is 36.2 Å². The summed E-state index contributed by atoms with van der Waals surface area (Å²) in [4.78, 5) is 32.9. The Hall–Kier alpha value is -2.44. The van der Waals surface area contributed by atoms with Crippen LogP contribution >= 0.6 is 0 Å². The number of nitrogens with one attached hydrogen (secondary N) is 1. The molecule has 1 fully saturated rings. The van der Waals surface area contributed by atoms with Crippen molar-refractivity contribution in [2.75, 3.05) is 31.1 Å². The number of fused-ring (bicyclic) bond motifs is 1. The van der Waals surface area contributed by atoms with Gasteiger partial charge in [-0.2, -0.15) is 0 Å². The number of hydrogen-bond donors (Lipinski definition) is 1. The van der Waals surface area contributed by atoms with Gasteiger partial charge in [0.2, 0.25) is 11.9 Å². The molecule has 2 aliphatic rings. The minimum absolute atomic E-state index is 0.0856. The van der Waals surface area contributed by atoms with E-state index in [2.05, 4.69) is 24.8 Å². The van der Waals surface area contributed by atoms with Crippen LogP contribution in [0, 0.1) is 5.92 Å². The van der Waals surface area contributed by atoms with Gasteiger partial charge < -0.3 is 14.8 Å². The minimum Gasteiger partial charge on any atom is -0.348 e.